The van der Waals surface area contributed by atoms with Gasteiger partial charge in [-0.2, -0.15) is 4.98 Å². The number of ether oxygens (including phenoxy) is 2. The second kappa shape index (κ2) is 6.68. The molecule has 1 atom stereocenters. The van der Waals surface area contributed by atoms with Crippen LogP contribution in [-0.2, 0) is 0 Å². The molecule has 1 fully saturated rings. The van der Waals surface area contributed by atoms with E-state index in [-0.39, 0.29) is 6.10 Å². The summed E-state index contributed by atoms with van der Waals surface area (Å²) in [6.07, 6.45) is 4.49. The molecule has 0 saturated carbocycles. The van der Waals surface area contributed by atoms with Crippen LogP contribution in [-0.4, -0.2) is 55.4 Å². The molecule has 0 aliphatic carbocycles. The summed E-state index contributed by atoms with van der Waals surface area (Å²) in [6, 6.07) is 5.58. The Morgan fingerprint density at radius 3 is 2.87 bits per heavy atom. The molecule has 1 aliphatic heterocycles. The summed E-state index contributed by atoms with van der Waals surface area (Å²) in [5, 5.41) is 0. The van der Waals surface area contributed by atoms with Crippen molar-refractivity contribution in [1.82, 2.24) is 15.0 Å². The van der Waals surface area contributed by atoms with E-state index in [0.29, 0.717) is 11.8 Å². The van der Waals surface area contributed by atoms with E-state index >= 15 is 0 Å². The number of methoxy groups -OCH3 is 1. The van der Waals surface area contributed by atoms with Gasteiger partial charge in [0.25, 0.3) is 0 Å². The van der Waals surface area contributed by atoms with E-state index in [1.54, 1.807) is 25.6 Å². The number of hydrogen-bond donors (Lipinski definition) is 0. The van der Waals surface area contributed by atoms with Gasteiger partial charge in [0, 0.05) is 45.5 Å². The van der Waals surface area contributed by atoms with E-state index in [4.69, 9.17) is 9.47 Å². The lowest BCUT2D eigenvalue weighted by Gasteiger charge is -2.20. The van der Waals surface area contributed by atoms with Crippen molar-refractivity contribution >= 4 is 11.8 Å². The lowest BCUT2D eigenvalue weighted by Crippen LogP contribution is -2.26. The zero-order valence-electron chi connectivity index (χ0n) is 13.6. The molecule has 0 amide bonds. The molecule has 3 heterocycles. The van der Waals surface area contributed by atoms with Gasteiger partial charge in [0.05, 0.1) is 13.7 Å². The van der Waals surface area contributed by atoms with Gasteiger partial charge in [0.15, 0.2) is 11.6 Å². The van der Waals surface area contributed by atoms with Gasteiger partial charge in [0.1, 0.15) is 6.10 Å². The standard InChI is InChI=1S/C16H21N5O2/c1-20(2)15-13(5-4-8-17-15)23-12-7-10-21(11-12)16-18-9-6-14(19-16)22-3/h4-6,8-9,12H,7,10-11H2,1-3H3/t12-/m0/s1. The molecule has 7 nitrogen and oxygen atoms in total. The van der Waals surface area contributed by atoms with Crippen LogP contribution in [0.1, 0.15) is 6.42 Å². The van der Waals surface area contributed by atoms with Crippen LogP contribution in [0.2, 0.25) is 0 Å². The van der Waals surface area contributed by atoms with Crippen molar-refractivity contribution < 1.29 is 9.47 Å². The number of nitrogens with zero attached hydrogens (tertiary/aromatic N) is 5. The SMILES string of the molecule is COc1ccnc(N2CC[C@H](Oc3cccnc3N(C)C)C2)n1. The maximum Gasteiger partial charge on any atom is 0.228 e. The monoisotopic (exact) mass is 315 g/mol. The highest BCUT2D eigenvalue weighted by Gasteiger charge is 2.27. The van der Waals surface area contributed by atoms with Crippen LogP contribution >= 0.6 is 0 Å². The second-order valence-electron chi connectivity index (χ2n) is 5.59. The first-order valence-corrected chi connectivity index (χ1v) is 7.58. The summed E-state index contributed by atoms with van der Waals surface area (Å²) in [4.78, 5) is 17.1. The van der Waals surface area contributed by atoms with Gasteiger partial charge in [-0.05, 0) is 12.1 Å². The number of rotatable bonds is 5. The third-order valence-corrected chi connectivity index (χ3v) is 3.72. The van der Waals surface area contributed by atoms with Gasteiger partial charge in [-0.1, -0.05) is 0 Å². The van der Waals surface area contributed by atoms with Crippen molar-refractivity contribution in [2.75, 3.05) is 44.1 Å². The first-order valence-electron chi connectivity index (χ1n) is 7.58. The van der Waals surface area contributed by atoms with Gasteiger partial charge in [-0.15, -0.1) is 0 Å². The fraction of sp³-hybridized carbons (Fsp3) is 0.438. The summed E-state index contributed by atoms with van der Waals surface area (Å²) in [6.45, 7) is 1.60. The van der Waals surface area contributed by atoms with Crippen LogP contribution in [0.3, 0.4) is 0 Å². The Hall–Kier alpha value is -2.57. The summed E-state index contributed by atoms with van der Waals surface area (Å²) in [7, 11) is 5.52. The van der Waals surface area contributed by atoms with Gasteiger partial charge in [-0.3, -0.25) is 0 Å². The zero-order valence-corrected chi connectivity index (χ0v) is 13.6. The normalized spacial score (nSPS) is 17.2. The molecule has 0 bridgehead atoms. The molecule has 3 rings (SSSR count). The topological polar surface area (TPSA) is 63.6 Å². The Bertz CT molecular complexity index is 664. The average molecular weight is 315 g/mol. The molecule has 7 heteroatoms. The van der Waals surface area contributed by atoms with Gasteiger partial charge >= 0.3 is 0 Å². The lowest BCUT2D eigenvalue weighted by molar-refractivity contribution is 0.225. The highest BCUT2D eigenvalue weighted by atomic mass is 16.5. The molecule has 0 spiro atoms. The zero-order chi connectivity index (χ0) is 16.2. The van der Waals surface area contributed by atoms with E-state index in [0.717, 1.165) is 31.1 Å². The minimum absolute atomic E-state index is 0.0905. The van der Waals surface area contributed by atoms with Crippen LogP contribution in [0.4, 0.5) is 11.8 Å². The Morgan fingerprint density at radius 2 is 2.09 bits per heavy atom. The molecule has 23 heavy (non-hydrogen) atoms. The van der Waals surface area contributed by atoms with E-state index in [9.17, 15) is 0 Å². The summed E-state index contributed by atoms with van der Waals surface area (Å²) >= 11 is 0. The predicted octanol–water partition coefficient (Wildman–Crippen LogP) is 1.60. The predicted molar refractivity (Wildman–Crippen MR) is 88.4 cm³/mol. The molecular formula is C16H21N5O2. The van der Waals surface area contributed by atoms with Gasteiger partial charge < -0.3 is 19.3 Å². The highest BCUT2D eigenvalue weighted by Crippen LogP contribution is 2.27. The maximum atomic E-state index is 6.14. The molecular weight excluding hydrogens is 294 g/mol. The first-order chi connectivity index (χ1) is 11.2. The molecule has 2 aromatic heterocycles. The van der Waals surface area contributed by atoms with E-state index < -0.39 is 0 Å². The van der Waals surface area contributed by atoms with Crippen molar-refractivity contribution in [2.24, 2.45) is 0 Å². The molecule has 0 unspecified atom stereocenters. The van der Waals surface area contributed by atoms with Crippen molar-refractivity contribution in [2.45, 2.75) is 12.5 Å². The minimum atomic E-state index is 0.0905. The number of anilines is 2. The van der Waals surface area contributed by atoms with Crippen molar-refractivity contribution in [3.8, 4) is 11.6 Å². The average Bonchev–Trinajstić information content (AvgIpc) is 3.04. The number of aromatic nitrogens is 3. The Labute approximate surface area is 135 Å². The summed E-state index contributed by atoms with van der Waals surface area (Å²) < 4.78 is 11.3. The van der Waals surface area contributed by atoms with Crippen molar-refractivity contribution in [1.29, 1.82) is 0 Å². The van der Waals surface area contributed by atoms with Crippen LogP contribution in [0.25, 0.3) is 0 Å². The number of hydrogen-bond acceptors (Lipinski definition) is 7. The number of pyridine rings is 1. The summed E-state index contributed by atoms with van der Waals surface area (Å²) in [5.74, 6) is 2.88. The van der Waals surface area contributed by atoms with Crippen molar-refractivity contribution in [3.63, 3.8) is 0 Å². The quantitative estimate of drug-likeness (QED) is 0.830. The first kappa shape index (κ1) is 15.3. The van der Waals surface area contributed by atoms with Crippen LogP contribution in [0.5, 0.6) is 11.6 Å². The molecule has 0 radical (unpaired) electrons. The lowest BCUT2D eigenvalue weighted by atomic mass is 10.3. The maximum absolute atomic E-state index is 6.14. The third-order valence-electron chi connectivity index (χ3n) is 3.72. The van der Waals surface area contributed by atoms with E-state index in [2.05, 4.69) is 19.9 Å². The smallest absolute Gasteiger partial charge is 0.228 e. The molecule has 0 aromatic carbocycles. The Morgan fingerprint density at radius 1 is 1.22 bits per heavy atom. The molecule has 1 saturated heterocycles. The third kappa shape index (κ3) is 3.44. The highest BCUT2D eigenvalue weighted by molar-refractivity contribution is 5.51. The second-order valence-corrected chi connectivity index (χ2v) is 5.59. The molecule has 122 valence electrons. The summed E-state index contributed by atoms with van der Waals surface area (Å²) in [5.41, 5.74) is 0. The van der Waals surface area contributed by atoms with E-state index in [1.165, 1.54) is 0 Å². The van der Waals surface area contributed by atoms with E-state index in [1.807, 2.05) is 31.1 Å². The van der Waals surface area contributed by atoms with Crippen LogP contribution in [0.15, 0.2) is 30.6 Å². The van der Waals surface area contributed by atoms with Gasteiger partial charge in [0.2, 0.25) is 11.8 Å². The molecule has 2 aromatic rings. The van der Waals surface area contributed by atoms with Crippen molar-refractivity contribution in [3.05, 3.63) is 30.6 Å². The minimum Gasteiger partial charge on any atom is -0.485 e. The van der Waals surface area contributed by atoms with Gasteiger partial charge in [-0.25, -0.2) is 9.97 Å². The molecule has 1 aliphatic rings. The van der Waals surface area contributed by atoms with Crippen LogP contribution in [0, 0.1) is 0 Å². The molecule has 0 N–H and O–H groups in total. The largest absolute Gasteiger partial charge is 0.485 e. The Balaban J connectivity index is 1.68. The van der Waals surface area contributed by atoms with Crippen LogP contribution < -0.4 is 19.3 Å². The fourth-order valence-corrected chi connectivity index (χ4v) is 2.59. The fourth-order valence-electron chi connectivity index (χ4n) is 2.59. The Kier molecular flexibility index (Phi) is 4.45.